The Morgan fingerprint density at radius 2 is 1.94 bits per heavy atom. The van der Waals surface area contributed by atoms with Gasteiger partial charge in [-0.2, -0.15) is 0 Å². The Bertz CT molecular complexity index is 489. The number of sulfone groups is 1. The summed E-state index contributed by atoms with van der Waals surface area (Å²) in [6.07, 6.45) is -0.911. The van der Waals surface area contributed by atoms with Gasteiger partial charge in [0.05, 0.1) is 16.8 Å². The highest BCUT2D eigenvalue weighted by atomic mass is 35.5. The van der Waals surface area contributed by atoms with Crippen molar-refractivity contribution in [2.45, 2.75) is 31.8 Å². The molecule has 0 saturated carbocycles. The standard InChI is InChI=1S/C12H17ClO3S/c1-12(2,3)11(14)8-17(15,16)10-6-4-5-9(13)7-10/h4-7,11,14H,8H2,1-3H3. The van der Waals surface area contributed by atoms with E-state index in [1.807, 2.05) is 0 Å². The molecule has 1 N–H and O–H groups in total. The number of aliphatic hydroxyl groups excluding tert-OH is 1. The van der Waals surface area contributed by atoms with Gasteiger partial charge in [-0.1, -0.05) is 38.4 Å². The van der Waals surface area contributed by atoms with Crippen LogP contribution in [0.25, 0.3) is 0 Å². The van der Waals surface area contributed by atoms with Crippen LogP contribution < -0.4 is 0 Å². The van der Waals surface area contributed by atoms with E-state index in [4.69, 9.17) is 11.6 Å². The lowest BCUT2D eigenvalue weighted by Gasteiger charge is -2.25. The molecular formula is C12H17ClO3S. The number of aliphatic hydroxyl groups is 1. The molecule has 0 bridgehead atoms. The van der Waals surface area contributed by atoms with Crippen LogP contribution in [0, 0.1) is 5.41 Å². The maximum Gasteiger partial charge on any atom is 0.180 e. The van der Waals surface area contributed by atoms with Gasteiger partial charge in [-0.05, 0) is 23.6 Å². The van der Waals surface area contributed by atoms with Crippen molar-refractivity contribution < 1.29 is 13.5 Å². The van der Waals surface area contributed by atoms with Crippen molar-refractivity contribution in [3.63, 3.8) is 0 Å². The maximum atomic E-state index is 12.0. The first-order valence-corrected chi connectivity index (χ1v) is 7.32. The highest BCUT2D eigenvalue weighted by Crippen LogP contribution is 2.24. The Kier molecular flexibility index (Phi) is 4.23. The van der Waals surface area contributed by atoms with E-state index in [0.717, 1.165) is 0 Å². The predicted octanol–water partition coefficient (Wildman–Crippen LogP) is 2.52. The molecule has 1 aromatic carbocycles. The molecule has 0 heterocycles. The van der Waals surface area contributed by atoms with E-state index in [1.54, 1.807) is 32.9 Å². The molecule has 0 amide bonds. The number of halogens is 1. The molecule has 0 aliphatic heterocycles. The molecule has 0 fully saturated rings. The summed E-state index contributed by atoms with van der Waals surface area (Å²) in [5.41, 5.74) is -0.467. The highest BCUT2D eigenvalue weighted by Gasteiger charge is 2.28. The topological polar surface area (TPSA) is 54.4 Å². The van der Waals surface area contributed by atoms with Gasteiger partial charge in [-0.3, -0.25) is 0 Å². The van der Waals surface area contributed by atoms with Crippen molar-refractivity contribution in [1.29, 1.82) is 0 Å². The van der Waals surface area contributed by atoms with Gasteiger partial charge in [0, 0.05) is 5.02 Å². The van der Waals surface area contributed by atoms with Gasteiger partial charge in [0.15, 0.2) is 9.84 Å². The zero-order valence-corrected chi connectivity index (χ0v) is 11.7. The van der Waals surface area contributed by atoms with Crippen LogP contribution in [0.5, 0.6) is 0 Å². The Hall–Kier alpha value is -0.580. The number of hydrogen-bond donors (Lipinski definition) is 1. The molecule has 0 radical (unpaired) electrons. The number of hydrogen-bond acceptors (Lipinski definition) is 3. The molecule has 1 unspecified atom stereocenters. The summed E-state index contributed by atoms with van der Waals surface area (Å²) in [6, 6.07) is 6.07. The SMILES string of the molecule is CC(C)(C)C(O)CS(=O)(=O)c1cccc(Cl)c1. The Morgan fingerprint density at radius 1 is 1.35 bits per heavy atom. The van der Waals surface area contributed by atoms with Gasteiger partial charge in [0.1, 0.15) is 0 Å². The van der Waals surface area contributed by atoms with E-state index in [9.17, 15) is 13.5 Å². The monoisotopic (exact) mass is 276 g/mol. The van der Waals surface area contributed by atoms with Gasteiger partial charge in [-0.15, -0.1) is 0 Å². The molecule has 1 rings (SSSR count). The van der Waals surface area contributed by atoms with E-state index < -0.39 is 21.4 Å². The smallest absolute Gasteiger partial charge is 0.180 e. The fourth-order valence-electron chi connectivity index (χ4n) is 1.21. The van der Waals surface area contributed by atoms with Gasteiger partial charge in [-0.25, -0.2) is 8.42 Å². The summed E-state index contributed by atoms with van der Waals surface area (Å²) in [7, 11) is -3.50. The van der Waals surface area contributed by atoms with E-state index in [0.29, 0.717) is 5.02 Å². The molecular weight excluding hydrogens is 260 g/mol. The number of rotatable bonds is 3. The number of benzene rings is 1. The lowest BCUT2D eigenvalue weighted by molar-refractivity contribution is 0.0826. The summed E-state index contributed by atoms with van der Waals surface area (Å²) in [4.78, 5) is 0.147. The first-order chi connectivity index (χ1) is 7.63. The van der Waals surface area contributed by atoms with Gasteiger partial charge < -0.3 is 5.11 Å². The van der Waals surface area contributed by atoms with Crippen molar-refractivity contribution in [2.75, 3.05) is 5.75 Å². The minimum atomic E-state index is -3.50. The fourth-order valence-corrected chi connectivity index (χ4v) is 3.17. The first kappa shape index (κ1) is 14.5. The third-order valence-electron chi connectivity index (χ3n) is 2.53. The summed E-state index contributed by atoms with van der Waals surface area (Å²) in [6.45, 7) is 5.39. The lowest BCUT2D eigenvalue weighted by atomic mass is 9.90. The summed E-state index contributed by atoms with van der Waals surface area (Å²) in [5.74, 6) is -0.295. The van der Waals surface area contributed by atoms with Crippen LogP contribution in [-0.4, -0.2) is 25.4 Å². The zero-order chi connectivity index (χ0) is 13.3. The molecule has 0 saturated heterocycles. The molecule has 3 nitrogen and oxygen atoms in total. The molecule has 0 aliphatic carbocycles. The quantitative estimate of drug-likeness (QED) is 0.923. The van der Waals surface area contributed by atoms with Crippen LogP contribution in [0.4, 0.5) is 0 Å². The fraction of sp³-hybridized carbons (Fsp3) is 0.500. The first-order valence-electron chi connectivity index (χ1n) is 5.29. The molecule has 1 aromatic rings. The second-order valence-corrected chi connectivity index (χ2v) is 7.59. The Balaban J connectivity index is 2.98. The van der Waals surface area contributed by atoms with Gasteiger partial charge in [0.25, 0.3) is 0 Å². The molecule has 0 spiro atoms. The minimum Gasteiger partial charge on any atom is -0.392 e. The van der Waals surface area contributed by atoms with Crippen LogP contribution in [-0.2, 0) is 9.84 Å². The average molecular weight is 277 g/mol. The third kappa shape index (κ3) is 3.98. The molecule has 0 aromatic heterocycles. The zero-order valence-electron chi connectivity index (χ0n) is 10.1. The molecule has 1 atom stereocenters. The van der Waals surface area contributed by atoms with Crippen LogP contribution >= 0.6 is 11.6 Å². The third-order valence-corrected chi connectivity index (χ3v) is 4.49. The molecule has 96 valence electrons. The molecule has 17 heavy (non-hydrogen) atoms. The van der Waals surface area contributed by atoms with Gasteiger partial charge in [0.2, 0.25) is 0 Å². The average Bonchev–Trinajstić information content (AvgIpc) is 2.15. The highest BCUT2D eigenvalue weighted by molar-refractivity contribution is 7.91. The lowest BCUT2D eigenvalue weighted by Crippen LogP contribution is -2.33. The summed E-state index contributed by atoms with van der Waals surface area (Å²) >= 11 is 5.75. The van der Waals surface area contributed by atoms with Crippen molar-refractivity contribution >= 4 is 21.4 Å². The van der Waals surface area contributed by atoms with Crippen molar-refractivity contribution in [3.8, 4) is 0 Å². The summed E-state index contributed by atoms with van der Waals surface area (Å²) < 4.78 is 24.0. The Morgan fingerprint density at radius 3 is 2.41 bits per heavy atom. The molecule has 0 aliphatic rings. The molecule has 5 heteroatoms. The van der Waals surface area contributed by atoms with Crippen molar-refractivity contribution in [2.24, 2.45) is 5.41 Å². The van der Waals surface area contributed by atoms with E-state index in [2.05, 4.69) is 0 Å². The largest absolute Gasteiger partial charge is 0.392 e. The van der Waals surface area contributed by atoms with Crippen molar-refractivity contribution in [3.05, 3.63) is 29.3 Å². The van der Waals surface area contributed by atoms with Crippen LogP contribution in [0.1, 0.15) is 20.8 Å². The van der Waals surface area contributed by atoms with Crippen LogP contribution in [0.2, 0.25) is 5.02 Å². The Labute approximate surface area is 107 Å². The maximum absolute atomic E-state index is 12.0. The van der Waals surface area contributed by atoms with E-state index in [1.165, 1.54) is 12.1 Å². The van der Waals surface area contributed by atoms with Crippen LogP contribution in [0.15, 0.2) is 29.2 Å². The normalized spacial score (nSPS) is 14.6. The second kappa shape index (κ2) is 4.96. The summed E-state index contributed by atoms with van der Waals surface area (Å²) in [5, 5.41) is 10.2. The van der Waals surface area contributed by atoms with E-state index >= 15 is 0 Å². The van der Waals surface area contributed by atoms with E-state index in [-0.39, 0.29) is 10.6 Å². The minimum absolute atomic E-state index is 0.147. The van der Waals surface area contributed by atoms with Crippen LogP contribution in [0.3, 0.4) is 0 Å². The second-order valence-electron chi connectivity index (χ2n) is 5.12. The van der Waals surface area contributed by atoms with Crippen molar-refractivity contribution in [1.82, 2.24) is 0 Å². The van der Waals surface area contributed by atoms with Gasteiger partial charge >= 0.3 is 0 Å². The predicted molar refractivity (Wildman–Crippen MR) is 69.0 cm³/mol.